The van der Waals surface area contributed by atoms with Gasteiger partial charge in [0.25, 0.3) is 0 Å². The number of benzene rings is 2. The summed E-state index contributed by atoms with van der Waals surface area (Å²) < 4.78 is 0. The summed E-state index contributed by atoms with van der Waals surface area (Å²) in [6.45, 7) is 8.40. The number of hydrogen-bond donors (Lipinski definition) is 1. The molecule has 1 aromatic heterocycles. The number of carbonyl (C=O) groups is 1. The SMILES string of the molecule is CCc1cc(C)cc(-c2ccc(-c3c(C)cc(C(=O)O)cc3CC)s2)c1. The van der Waals surface area contributed by atoms with Crippen LogP contribution in [0.4, 0.5) is 0 Å². The van der Waals surface area contributed by atoms with Crippen molar-refractivity contribution in [2.45, 2.75) is 40.5 Å². The minimum Gasteiger partial charge on any atom is -0.478 e. The van der Waals surface area contributed by atoms with E-state index in [1.165, 1.54) is 32.0 Å². The molecule has 0 aliphatic rings. The van der Waals surface area contributed by atoms with Crippen LogP contribution in [0.1, 0.15) is 46.5 Å². The topological polar surface area (TPSA) is 37.3 Å². The van der Waals surface area contributed by atoms with Gasteiger partial charge in [-0.25, -0.2) is 4.79 Å². The summed E-state index contributed by atoms with van der Waals surface area (Å²) in [6.07, 6.45) is 1.84. The number of carboxylic acid groups (broad SMARTS) is 1. The molecule has 0 spiro atoms. The average Bonchev–Trinajstić information content (AvgIpc) is 3.09. The predicted molar refractivity (Wildman–Crippen MR) is 110 cm³/mol. The van der Waals surface area contributed by atoms with E-state index in [-0.39, 0.29) is 0 Å². The van der Waals surface area contributed by atoms with E-state index in [0.29, 0.717) is 5.56 Å². The van der Waals surface area contributed by atoms with Crippen LogP contribution in [-0.4, -0.2) is 11.1 Å². The Morgan fingerprint density at radius 1 is 0.962 bits per heavy atom. The third kappa shape index (κ3) is 3.58. The Morgan fingerprint density at radius 3 is 2.35 bits per heavy atom. The van der Waals surface area contributed by atoms with Crippen molar-refractivity contribution in [3.63, 3.8) is 0 Å². The predicted octanol–water partition coefficient (Wildman–Crippen LogP) is 6.52. The summed E-state index contributed by atoms with van der Waals surface area (Å²) in [5, 5.41) is 9.32. The first kappa shape index (κ1) is 18.4. The summed E-state index contributed by atoms with van der Waals surface area (Å²) in [7, 11) is 0. The van der Waals surface area contributed by atoms with Crippen LogP contribution < -0.4 is 0 Å². The third-order valence-electron chi connectivity index (χ3n) is 4.73. The van der Waals surface area contributed by atoms with Crippen LogP contribution in [0, 0.1) is 13.8 Å². The molecule has 0 saturated carbocycles. The lowest BCUT2D eigenvalue weighted by molar-refractivity contribution is 0.0696. The monoisotopic (exact) mass is 364 g/mol. The average molecular weight is 365 g/mol. The molecule has 0 radical (unpaired) electrons. The van der Waals surface area contributed by atoms with Crippen LogP contribution in [0.5, 0.6) is 0 Å². The third-order valence-corrected chi connectivity index (χ3v) is 5.88. The minimum absolute atomic E-state index is 0.367. The lowest BCUT2D eigenvalue weighted by Gasteiger charge is -2.11. The Labute approximate surface area is 159 Å². The summed E-state index contributed by atoms with van der Waals surface area (Å²) >= 11 is 1.78. The van der Waals surface area contributed by atoms with E-state index in [1.54, 1.807) is 17.4 Å². The molecule has 0 aliphatic carbocycles. The van der Waals surface area contributed by atoms with Crippen LogP contribution in [0.25, 0.3) is 20.9 Å². The molecule has 1 heterocycles. The van der Waals surface area contributed by atoms with E-state index >= 15 is 0 Å². The first-order chi connectivity index (χ1) is 12.4. The zero-order chi connectivity index (χ0) is 18.8. The van der Waals surface area contributed by atoms with Gasteiger partial charge in [-0.2, -0.15) is 0 Å². The smallest absolute Gasteiger partial charge is 0.335 e. The van der Waals surface area contributed by atoms with Crippen LogP contribution in [0.3, 0.4) is 0 Å². The van der Waals surface area contributed by atoms with Crippen molar-refractivity contribution in [1.82, 2.24) is 0 Å². The molecule has 0 saturated heterocycles. The Kier molecular flexibility index (Phi) is 5.28. The first-order valence-corrected chi connectivity index (χ1v) is 9.82. The van der Waals surface area contributed by atoms with E-state index in [9.17, 15) is 9.90 Å². The summed E-state index contributed by atoms with van der Waals surface area (Å²) in [6, 6.07) is 14.7. The van der Waals surface area contributed by atoms with Gasteiger partial charge in [0, 0.05) is 9.75 Å². The molecule has 3 heteroatoms. The maximum absolute atomic E-state index is 11.4. The zero-order valence-corrected chi connectivity index (χ0v) is 16.5. The Bertz CT molecular complexity index is 966. The van der Waals surface area contributed by atoms with Gasteiger partial charge in [-0.15, -0.1) is 11.3 Å². The second-order valence-corrected chi connectivity index (χ2v) is 7.79. The van der Waals surface area contributed by atoms with E-state index in [1.807, 2.05) is 13.0 Å². The first-order valence-electron chi connectivity index (χ1n) is 9.00. The van der Waals surface area contributed by atoms with E-state index in [4.69, 9.17) is 0 Å². The number of aryl methyl sites for hydroxylation is 4. The Balaban J connectivity index is 2.08. The number of hydrogen-bond acceptors (Lipinski definition) is 2. The molecule has 3 aromatic rings. The molecular formula is C23H24O2S. The van der Waals surface area contributed by atoms with Gasteiger partial charge in [-0.1, -0.05) is 37.6 Å². The van der Waals surface area contributed by atoms with Crippen LogP contribution in [-0.2, 0) is 12.8 Å². The van der Waals surface area contributed by atoms with Crippen LogP contribution in [0.15, 0.2) is 42.5 Å². The van der Waals surface area contributed by atoms with Crippen molar-refractivity contribution in [2.24, 2.45) is 0 Å². The van der Waals surface area contributed by atoms with Gasteiger partial charge in [-0.05, 0) is 78.8 Å². The molecule has 0 bridgehead atoms. The highest BCUT2D eigenvalue weighted by Gasteiger charge is 2.15. The Morgan fingerprint density at radius 2 is 1.69 bits per heavy atom. The minimum atomic E-state index is -0.868. The number of aromatic carboxylic acids is 1. The molecule has 2 nitrogen and oxygen atoms in total. The molecule has 2 aromatic carbocycles. The van der Waals surface area contributed by atoms with Crippen molar-refractivity contribution in [2.75, 3.05) is 0 Å². The molecule has 0 fully saturated rings. The lowest BCUT2D eigenvalue weighted by atomic mass is 9.95. The molecule has 0 atom stereocenters. The lowest BCUT2D eigenvalue weighted by Crippen LogP contribution is -2.00. The van der Waals surface area contributed by atoms with E-state index < -0.39 is 5.97 Å². The molecule has 0 aliphatic heterocycles. The van der Waals surface area contributed by atoms with Crippen LogP contribution >= 0.6 is 11.3 Å². The number of thiophene rings is 1. The molecule has 26 heavy (non-hydrogen) atoms. The number of rotatable bonds is 5. The van der Waals surface area contributed by atoms with Crippen molar-refractivity contribution >= 4 is 17.3 Å². The maximum atomic E-state index is 11.4. The van der Waals surface area contributed by atoms with Gasteiger partial charge in [0.15, 0.2) is 0 Å². The maximum Gasteiger partial charge on any atom is 0.335 e. The Hall–Kier alpha value is -2.39. The fourth-order valence-corrected chi connectivity index (χ4v) is 4.59. The largest absolute Gasteiger partial charge is 0.478 e. The van der Waals surface area contributed by atoms with E-state index in [0.717, 1.165) is 24.0 Å². The van der Waals surface area contributed by atoms with Gasteiger partial charge in [-0.3, -0.25) is 0 Å². The normalized spacial score (nSPS) is 10.9. The zero-order valence-electron chi connectivity index (χ0n) is 15.7. The fraction of sp³-hybridized carbons (Fsp3) is 0.261. The van der Waals surface area contributed by atoms with Crippen molar-refractivity contribution in [3.8, 4) is 20.9 Å². The summed E-state index contributed by atoms with van der Waals surface area (Å²) in [5.41, 5.74) is 7.55. The number of carboxylic acids is 1. The van der Waals surface area contributed by atoms with Gasteiger partial charge in [0.1, 0.15) is 0 Å². The van der Waals surface area contributed by atoms with Crippen LogP contribution in [0.2, 0.25) is 0 Å². The van der Waals surface area contributed by atoms with E-state index in [2.05, 4.69) is 51.1 Å². The highest BCUT2D eigenvalue weighted by Crippen LogP contribution is 2.38. The standard InChI is InChI=1S/C23H24O2S/c1-5-16-9-14(3)10-18(12-16)20-7-8-21(26-20)22-15(4)11-19(23(24)25)13-17(22)6-2/h7-13H,5-6H2,1-4H3,(H,24,25). The molecule has 134 valence electrons. The molecule has 3 rings (SSSR count). The van der Waals surface area contributed by atoms with Crippen molar-refractivity contribution in [3.05, 3.63) is 70.3 Å². The van der Waals surface area contributed by atoms with Gasteiger partial charge in [0.05, 0.1) is 5.56 Å². The van der Waals surface area contributed by atoms with Gasteiger partial charge < -0.3 is 5.11 Å². The van der Waals surface area contributed by atoms with Crippen molar-refractivity contribution in [1.29, 1.82) is 0 Å². The van der Waals surface area contributed by atoms with Gasteiger partial charge in [0.2, 0.25) is 0 Å². The second kappa shape index (κ2) is 7.46. The quantitative estimate of drug-likeness (QED) is 0.559. The second-order valence-electron chi connectivity index (χ2n) is 6.71. The molecule has 0 unspecified atom stereocenters. The molecule has 1 N–H and O–H groups in total. The summed E-state index contributed by atoms with van der Waals surface area (Å²) in [4.78, 5) is 13.8. The van der Waals surface area contributed by atoms with Gasteiger partial charge >= 0.3 is 5.97 Å². The fourth-order valence-electron chi connectivity index (χ4n) is 3.45. The highest BCUT2D eigenvalue weighted by atomic mass is 32.1. The highest BCUT2D eigenvalue weighted by molar-refractivity contribution is 7.18. The molecular weight excluding hydrogens is 340 g/mol. The summed E-state index contributed by atoms with van der Waals surface area (Å²) in [5.74, 6) is -0.868. The van der Waals surface area contributed by atoms with Crippen molar-refractivity contribution < 1.29 is 9.90 Å². The molecule has 0 amide bonds.